The predicted molar refractivity (Wildman–Crippen MR) is 72.5 cm³/mol. The molecule has 0 aromatic carbocycles. The molecule has 0 aliphatic rings. The Morgan fingerprint density at radius 3 is 2.75 bits per heavy atom. The lowest BCUT2D eigenvalue weighted by Crippen LogP contribution is -2.16. The van der Waals surface area contributed by atoms with Gasteiger partial charge in [0, 0.05) is 22.9 Å². The molecule has 1 unspecified atom stereocenters. The maximum atomic E-state index is 4.21. The number of nitrogens with one attached hydrogen (secondary N) is 1. The Bertz CT molecular complexity index is 302. The van der Waals surface area contributed by atoms with Crippen molar-refractivity contribution in [3.63, 3.8) is 0 Å². The second-order valence-electron chi connectivity index (χ2n) is 4.13. The third-order valence-corrected chi connectivity index (χ3v) is 3.26. The highest BCUT2D eigenvalue weighted by Gasteiger charge is 2.09. The van der Waals surface area contributed by atoms with Gasteiger partial charge in [-0.1, -0.05) is 32.6 Å². The van der Waals surface area contributed by atoms with Crippen molar-refractivity contribution >= 4 is 15.9 Å². The summed E-state index contributed by atoms with van der Waals surface area (Å²) < 4.78 is 1.05. The zero-order valence-electron chi connectivity index (χ0n) is 10.2. The predicted octanol–water partition coefficient (Wildman–Crippen LogP) is 4.08. The summed E-state index contributed by atoms with van der Waals surface area (Å²) in [7, 11) is 2.02. The van der Waals surface area contributed by atoms with Gasteiger partial charge in [-0.3, -0.25) is 4.98 Å². The van der Waals surface area contributed by atoms with Crippen molar-refractivity contribution in [3.8, 4) is 0 Å². The Balaban J connectivity index is 2.47. The van der Waals surface area contributed by atoms with Gasteiger partial charge in [0.15, 0.2) is 0 Å². The van der Waals surface area contributed by atoms with Gasteiger partial charge in [0.05, 0.1) is 0 Å². The fourth-order valence-electron chi connectivity index (χ4n) is 1.87. The van der Waals surface area contributed by atoms with Crippen LogP contribution in [0.5, 0.6) is 0 Å². The summed E-state index contributed by atoms with van der Waals surface area (Å²) in [5.74, 6) is 0. The van der Waals surface area contributed by atoms with Gasteiger partial charge in [-0.2, -0.15) is 0 Å². The summed E-state index contributed by atoms with van der Waals surface area (Å²) in [6.45, 7) is 2.24. The van der Waals surface area contributed by atoms with Crippen molar-refractivity contribution in [3.05, 3.63) is 28.5 Å². The molecule has 2 nitrogen and oxygen atoms in total. The average molecular weight is 285 g/mol. The highest BCUT2D eigenvalue weighted by molar-refractivity contribution is 9.10. The summed E-state index contributed by atoms with van der Waals surface area (Å²) >= 11 is 3.46. The van der Waals surface area contributed by atoms with Gasteiger partial charge >= 0.3 is 0 Å². The number of unbranched alkanes of at least 4 members (excludes halogenated alkanes) is 3. The standard InChI is InChI=1S/C13H21BrN2/c1-3-4-5-6-7-13(15-2)11-8-12(14)10-16-9-11/h8-10,13,15H,3-7H2,1-2H3. The number of nitrogens with zero attached hydrogens (tertiary/aromatic N) is 1. The summed E-state index contributed by atoms with van der Waals surface area (Å²) in [6, 6.07) is 2.58. The lowest BCUT2D eigenvalue weighted by Gasteiger charge is -2.16. The van der Waals surface area contributed by atoms with Crippen molar-refractivity contribution in [2.75, 3.05) is 7.05 Å². The van der Waals surface area contributed by atoms with E-state index in [0.29, 0.717) is 6.04 Å². The molecule has 1 rings (SSSR count). The smallest absolute Gasteiger partial charge is 0.0410 e. The van der Waals surface area contributed by atoms with Crippen LogP contribution in [0.2, 0.25) is 0 Å². The lowest BCUT2D eigenvalue weighted by molar-refractivity contribution is 0.504. The molecule has 0 fully saturated rings. The number of rotatable bonds is 7. The maximum absolute atomic E-state index is 4.21. The van der Waals surface area contributed by atoms with Crippen molar-refractivity contribution in [2.24, 2.45) is 0 Å². The molecule has 0 bridgehead atoms. The summed E-state index contributed by atoms with van der Waals surface area (Å²) in [5, 5.41) is 3.36. The van der Waals surface area contributed by atoms with E-state index in [0.717, 1.165) is 4.47 Å². The van der Waals surface area contributed by atoms with Gasteiger partial charge in [-0.25, -0.2) is 0 Å². The van der Waals surface area contributed by atoms with Crippen LogP contribution in [0.3, 0.4) is 0 Å². The number of hydrogen-bond acceptors (Lipinski definition) is 2. The molecule has 90 valence electrons. The quantitative estimate of drug-likeness (QED) is 0.764. The third kappa shape index (κ3) is 4.62. The van der Waals surface area contributed by atoms with Gasteiger partial charge in [-0.15, -0.1) is 0 Å². The fourth-order valence-corrected chi connectivity index (χ4v) is 2.25. The van der Waals surface area contributed by atoms with Crippen LogP contribution in [-0.2, 0) is 0 Å². The molecule has 0 saturated heterocycles. The summed E-state index contributed by atoms with van der Waals surface area (Å²) in [5.41, 5.74) is 1.27. The Hall–Kier alpha value is -0.410. The molecule has 0 radical (unpaired) electrons. The van der Waals surface area contributed by atoms with Crippen LogP contribution in [-0.4, -0.2) is 12.0 Å². The molecular weight excluding hydrogens is 264 g/mol. The van der Waals surface area contributed by atoms with E-state index < -0.39 is 0 Å². The molecular formula is C13H21BrN2. The van der Waals surface area contributed by atoms with E-state index in [4.69, 9.17) is 0 Å². The molecule has 1 aromatic heterocycles. The van der Waals surface area contributed by atoms with Gasteiger partial charge in [0.25, 0.3) is 0 Å². The molecule has 0 amide bonds. The zero-order valence-corrected chi connectivity index (χ0v) is 11.8. The number of pyridine rings is 1. The van der Waals surface area contributed by atoms with Crippen molar-refractivity contribution in [1.82, 2.24) is 10.3 Å². The normalized spacial score (nSPS) is 12.7. The molecule has 1 N–H and O–H groups in total. The molecule has 1 heterocycles. The number of aromatic nitrogens is 1. The highest BCUT2D eigenvalue weighted by atomic mass is 79.9. The molecule has 1 atom stereocenters. The minimum Gasteiger partial charge on any atom is -0.313 e. The SMILES string of the molecule is CCCCCCC(NC)c1cncc(Br)c1. The van der Waals surface area contributed by atoms with Crippen molar-refractivity contribution in [1.29, 1.82) is 0 Å². The number of halogens is 1. The van der Waals surface area contributed by atoms with E-state index in [1.807, 2.05) is 19.4 Å². The van der Waals surface area contributed by atoms with Crippen LogP contribution < -0.4 is 5.32 Å². The van der Waals surface area contributed by atoms with Crippen molar-refractivity contribution < 1.29 is 0 Å². The first-order valence-electron chi connectivity index (χ1n) is 6.05. The van der Waals surface area contributed by atoms with Crippen LogP contribution in [0.25, 0.3) is 0 Å². The molecule has 0 spiro atoms. The van der Waals surface area contributed by atoms with Crippen LogP contribution in [0.1, 0.15) is 50.6 Å². The second kappa shape index (κ2) is 7.80. The minimum absolute atomic E-state index is 0.432. The maximum Gasteiger partial charge on any atom is 0.0410 e. The molecule has 3 heteroatoms. The largest absolute Gasteiger partial charge is 0.313 e. The van der Waals surface area contributed by atoms with Gasteiger partial charge in [-0.05, 0) is 41.0 Å². The highest BCUT2D eigenvalue weighted by Crippen LogP contribution is 2.21. The van der Waals surface area contributed by atoms with Gasteiger partial charge in [0.2, 0.25) is 0 Å². The van der Waals surface area contributed by atoms with Crippen LogP contribution >= 0.6 is 15.9 Å². The summed E-state index contributed by atoms with van der Waals surface area (Å²) in [6.07, 6.45) is 10.2. The average Bonchev–Trinajstić information content (AvgIpc) is 2.29. The topological polar surface area (TPSA) is 24.9 Å². The van der Waals surface area contributed by atoms with Crippen LogP contribution in [0, 0.1) is 0 Å². The molecule has 0 saturated carbocycles. The van der Waals surface area contributed by atoms with Crippen molar-refractivity contribution in [2.45, 2.75) is 45.1 Å². The zero-order chi connectivity index (χ0) is 11.8. The summed E-state index contributed by atoms with van der Waals surface area (Å²) in [4.78, 5) is 4.21. The van der Waals surface area contributed by atoms with E-state index in [9.17, 15) is 0 Å². The van der Waals surface area contributed by atoms with E-state index in [2.05, 4.69) is 39.2 Å². The van der Waals surface area contributed by atoms with Gasteiger partial charge < -0.3 is 5.32 Å². The van der Waals surface area contributed by atoms with E-state index in [1.165, 1.54) is 37.7 Å². The Morgan fingerprint density at radius 1 is 1.31 bits per heavy atom. The van der Waals surface area contributed by atoms with E-state index in [1.54, 1.807) is 0 Å². The third-order valence-electron chi connectivity index (χ3n) is 2.82. The Morgan fingerprint density at radius 2 is 2.12 bits per heavy atom. The van der Waals surface area contributed by atoms with E-state index in [-0.39, 0.29) is 0 Å². The molecule has 0 aliphatic heterocycles. The molecule has 16 heavy (non-hydrogen) atoms. The van der Waals surface area contributed by atoms with E-state index >= 15 is 0 Å². The first-order valence-corrected chi connectivity index (χ1v) is 6.85. The van der Waals surface area contributed by atoms with Crippen LogP contribution in [0.15, 0.2) is 22.9 Å². The Kier molecular flexibility index (Phi) is 6.65. The van der Waals surface area contributed by atoms with Crippen LogP contribution in [0.4, 0.5) is 0 Å². The monoisotopic (exact) mass is 284 g/mol. The van der Waals surface area contributed by atoms with Gasteiger partial charge in [0.1, 0.15) is 0 Å². The first-order chi connectivity index (χ1) is 7.77. The molecule has 1 aromatic rings. The Labute approximate surface area is 107 Å². The fraction of sp³-hybridized carbons (Fsp3) is 0.615. The lowest BCUT2D eigenvalue weighted by atomic mass is 10.0. The second-order valence-corrected chi connectivity index (χ2v) is 5.04. The first kappa shape index (κ1) is 13.7. The minimum atomic E-state index is 0.432. The number of hydrogen-bond donors (Lipinski definition) is 1. The molecule has 0 aliphatic carbocycles.